The zero-order valence-electron chi connectivity index (χ0n) is 10.3. The molecule has 1 aliphatic heterocycles. The minimum Gasteiger partial charge on any atom is -0.273 e. The van der Waals surface area contributed by atoms with Crippen molar-refractivity contribution in [1.29, 1.82) is 0 Å². The average Bonchev–Trinajstić information content (AvgIpc) is 2.70. The predicted molar refractivity (Wildman–Crippen MR) is 71.4 cm³/mol. The second-order valence-corrected chi connectivity index (χ2v) is 6.78. The van der Waals surface area contributed by atoms with E-state index in [1.165, 1.54) is 6.21 Å². The first-order valence-electron chi connectivity index (χ1n) is 5.97. The van der Waals surface area contributed by atoms with Crippen LogP contribution in [0.4, 0.5) is 0 Å². The van der Waals surface area contributed by atoms with Crippen molar-refractivity contribution in [3.05, 3.63) is 30.1 Å². The molecule has 0 radical (unpaired) electrons. The third-order valence-electron chi connectivity index (χ3n) is 2.91. The van der Waals surface area contributed by atoms with Crippen LogP contribution in [0.2, 0.25) is 0 Å². The summed E-state index contributed by atoms with van der Waals surface area (Å²) in [6.07, 6.45) is 5.54. The van der Waals surface area contributed by atoms with Crippen molar-refractivity contribution in [2.24, 2.45) is 11.0 Å². The van der Waals surface area contributed by atoms with Crippen molar-refractivity contribution in [1.82, 2.24) is 10.4 Å². The molecule has 0 aromatic carbocycles. The largest absolute Gasteiger partial charge is 0.273 e. The molecule has 0 saturated carbocycles. The highest BCUT2D eigenvalue weighted by atomic mass is 32.2. The number of nitrogens with zero attached hydrogens (tertiary/aromatic N) is 2. The van der Waals surface area contributed by atoms with E-state index >= 15 is 0 Å². The smallest absolute Gasteiger partial charge is 0.240 e. The van der Waals surface area contributed by atoms with Gasteiger partial charge in [-0.3, -0.25) is 9.78 Å². The third kappa shape index (κ3) is 4.44. The highest BCUT2D eigenvalue weighted by molar-refractivity contribution is 7.91. The number of rotatable bonds is 4. The Morgan fingerprint density at radius 2 is 2.21 bits per heavy atom. The van der Waals surface area contributed by atoms with E-state index in [4.69, 9.17) is 0 Å². The molecule has 6 nitrogen and oxygen atoms in total. The Kier molecular flexibility index (Phi) is 4.26. The van der Waals surface area contributed by atoms with Crippen LogP contribution in [0, 0.1) is 5.92 Å². The van der Waals surface area contributed by atoms with Gasteiger partial charge < -0.3 is 0 Å². The first-order valence-corrected chi connectivity index (χ1v) is 7.80. The normalized spacial score (nSPS) is 21.6. The van der Waals surface area contributed by atoms with Gasteiger partial charge in [-0.05, 0) is 30.0 Å². The zero-order chi connectivity index (χ0) is 13.7. The van der Waals surface area contributed by atoms with E-state index < -0.39 is 9.84 Å². The van der Waals surface area contributed by atoms with Crippen LogP contribution in [0.1, 0.15) is 18.4 Å². The lowest BCUT2D eigenvalue weighted by atomic mass is 10.1. The SMILES string of the molecule is O=C(C[C@@H]1CCS(=O)(=O)C1)N/N=C\c1ccncc1. The summed E-state index contributed by atoms with van der Waals surface area (Å²) in [5, 5.41) is 3.82. The number of sulfone groups is 1. The van der Waals surface area contributed by atoms with Crippen LogP contribution in [0.3, 0.4) is 0 Å². The van der Waals surface area contributed by atoms with Gasteiger partial charge >= 0.3 is 0 Å². The minimum absolute atomic E-state index is 0.0823. The van der Waals surface area contributed by atoms with Crippen LogP contribution in [0.5, 0.6) is 0 Å². The average molecular weight is 281 g/mol. The number of pyridine rings is 1. The molecule has 2 rings (SSSR count). The van der Waals surface area contributed by atoms with E-state index in [0.717, 1.165) is 5.56 Å². The maximum atomic E-state index is 11.6. The van der Waals surface area contributed by atoms with Crippen molar-refractivity contribution < 1.29 is 13.2 Å². The van der Waals surface area contributed by atoms with Gasteiger partial charge in [0, 0.05) is 18.8 Å². The molecule has 7 heteroatoms. The molecule has 1 aliphatic rings. The Hall–Kier alpha value is -1.76. The fourth-order valence-electron chi connectivity index (χ4n) is 1.97. The summed E-state index contributed by atoms with van der Waals surface area (Å²) in [5.74, 6) is -0.0479. The predicted octanol–water partition coefficient (Wildman–Crippen LogP) is 0.356. The molecule has 1 N–H and O–H groups in total. The van der Waals surface area contributed by atoms with Gasteiger partial charge in [0.15, 0.2) is 9.84 Å². The number of nitrogens with one attached hydrogen (secondary N) is 1. The Bertz CT molecular complexity index is 569. The summed E-state index contributed by atoms with van der Waals surface area (Å²) < 4.78 is 22.5. The lowest BCUT2D eigenvalue weighted by Gasteiger charge is -2.05. The molecule has 1 aromatic heterocycles. The van der Waals surface area contributed by atoms with Gasteiger partial charge in [-0.2, -0.15) is 5.10 Å². The monoisotopic (exact) mass is 281 g/mol. The van der Waals surface area contributed by atoms with Gasteiger partial charge in [0.05, 0.1) is 17.7 Å². The van der Waals surface area contributed by atoms with Crippen LogP contribution in [0.15, 0.2) is 29.6 Å². The van der Waals surface area contributed by atoms with Crippen molar-refractivity contribution in [3.8, 4) is 0 Å². The zero-order valence-corrected chi connectivity index (χ0v) is 11.1. The molecule has 1 atom stereocenters. The van der Waals surface area contributed by atoms with Crippen molar-refractivity contribution in [2.45, 2.75) is 12.8 Å². The Morgan fingerprint density at radius 1 is 1.47 bits per heavy atom. The van der Waals surface area contributed by atoms with Gasteiger partial charge in [0.25, 0.3) is 0 Å². The van der Waals surface area contributed by atoms with Crippen molar-refractivity contribution in [2.75, 3.05) is 11.5 Å². The molecule has 1 aromatic rings. The molecule has 102 valence electrons. The molecular formula is C12H15N3O3S. The van der Waals surface area contributed by atoms with Crippen LogP contribution in [-0.2, 0) is 14.6 Å². The Balaban J connectivity index is 1.78. The quantitative estimate of drug-likeness (QED) is 0.637. The molecule has 1 amide bonds. The van der Waals surface area contributed by atoms with E-state index in [0.29, 0.717) is 6.42 Å². The number of hydrazone groups is 1. The van der Waals surface area contributed by atoms with Gasteiger partial charge in [-0.15, -0.1) is 0 Å². The molecular weight excluding hydrogens is 266 g/mol. The molecule has 1 fully saturated rings. The molecule has 0 unspecified atom stereocenters. The summed E-state index contributed by atoms with van der Waals surface area (Å²) in [6.45, 7) is 0. The highest BCUT2D eigenvalue weighted by Gasteiger charge is 2.29. The minimum atomic E-state index is -2.93. The molecule has 0 aliphatic carbocycles. The highest BCUT2D eigenvalue weighted by Crippen LogP contribution is 2.21. The fraction of sp³-hybridized carbons (Fsp3) is 0.417. The molecule has 0 spiro atoms. The standard InChI is InChI=1S/C12H15N3O3S/c16-12(7-11-3-6-19(17,18)9-11)15-14-8-10-1-4-13-5-2-10/h1-2,4-5,8,11H,3,6-7,9H2,(H,15,16)/b14-8-/t11-/m0/s1. The maximum Gasteiger partial charge on any atom is 0.240 e. The van der Waals surface area contributed by atoms with Crippen LogP contribution in [-0.4, -0.2) is 37.0 Å². The summed E-state index contributed by atoms with van der Waals surface area (Å²) in [5.41, 5.74) is 3.23. The lowest BCUT2D eigenvalue weighted by molar-refractivity contribution is -0.121. The second-order valence-electron chi connectivity index (χ2n) is 4.55. The number of carbonyl (C=O) groups excluding carboxylic acids is 1. The van der Waals surface area contributed by atoms with E-state index in [2.05, 4.69) is 15.5 Å². The summed E-state index contributed by atoms with van der Waals surface area (Å²) >= 11 is 0. The number of amides is 1. The topological polar surface area (TPSA) is 88.5 Å². The van der Waals surface area contributed by atoms with Gasteiger partial charge in [0.1, 0.15) is 0 Å². The van der Waals surface area contributed by atoms with Crippen LogP contribution < -0.4 is 5.43 Å². The first-order chi connectivity index (χ1) is 9.05. The number of aromatic nitrogens is 1. The number of carbonyl (C=O) groups is 1. The Morgan fingerprint density at radius 3 is 2.84 bits per heavy atom. The van der Waals surface area contributed by atoms with E-state index in [9.17, 15) is 13.2 Å². The van der Waals surface area contributed by atoms with E-state index in [1.54, 1.807) is 24.5 Å². The van der Waals surface area contributed by atoms with Crippen molar-refractivity contribution >= 4 is 22.0 Å². The Labute approximate surface area is 111 Å². The van der Waals surface area contributed by atoms with Crippen molar-refractivity contribution in [3.63, 3.8) is 0 Å². The lowest BCUT2D eigenvalue weighted by Crippen LogP contribution is -2.21. The van der Waals surface area contributed by atoms with Gasteiger partial charge in [-0.25, -0.2) is 13.8 Å². The first kappa shape index (κ1) is 13.7. The summed E-state index contributed by atoms with van der Waals surface area (Å²) in [7, 11) is -2.93. The van der Waals surface area contributed by atoms with Gasteiger partial charge in [0.2, 0.25) is 5.91 Å². The molecule has 0 bridgehead atoms. The third-order valence-corrected chi connectivity index (χ3v) is 4.75. The number of hydrogen-bond acceptors (Lipinski definition) is 5. The summed E-state index contributed by atoms with van der Waals surface area (Å²) in [6, 6.07) is 3.53. The van der Waals surface area contributed by atoms with Crippen LogP contribution in [0.25, 0.3) is 0 Å². The van der Waals surface area contributed by atoms with Gasteiger partial charge in [-0.1, -0.05) is 0 Å². The fourth-order valence-corrected chi connectivity index (χ4v) is 3.83. The van der Waals surface area contributed by atoms with Crippen LogP contribution >= 0.6 is 0 Å². The summed E-state index contributed by atoms with van der Waals surface area (Å²) in [4.78, 5) is 15.4. The molecule has 2 heterocycles. The molecule has 19 heavy (non-hydrogen) atoms. The molecule has 1 saturated heterocycles. The maximum absolute atomic E-state index is 11.6. The second kappa shape index (κ2) is 5.92. The number of hydrogen-bond donors (Lipinski definition) is 1. The van der Waals surface area contributed by atoms with E-state index in [-0.39, 0.29) is 29.8 Å². The van der Waals surface area contributed by atoms with E-state index in [1.807, 2.05) is 0 Å².